The van der Waals surface area contributed by atoms with Gasteiger partial charge >= 0.3 is 0 Å². The van der Waals surface area contributed by atoms with Crippen LogP contribution < -0.4 is 4.74 Å². The van der Waals surface area contributed by atoms with E-state index in [4.69, 9.17) is 9.47 Å². The first-order valence-corrected chi connectivity index (χ1v) is 8.30. The number of benzene rings is 1. The molecule has 1 aromatic rings. The van der Waals surface area contributed by atoms with E-state index in [1.807, 2.05) is 6.92 Å². The van der Waals surface area contributed by atoms with Crippen LogP contribution in [-0.2, 0) is 14.8 Å². The molecule has 0 saturated carbocycles. The summed E-state index contributed by atoms with van der Waals surface area (Å²) in [6, 6.07) is 6.27. The van der Waals surface area contributed by atoms with Crippen molar-refractivity contribution in [1.29, 1.82) is 0 Å². The molecule has 1 heterocycles. The summed E-state index contributed by atoms with van der Waals surface area (Å²) in [5, 5.41) is 9.93. The number of hydrogen-bond acceptors (Lipinski definition) is 5. The maximum absolute atomic E-state index is 12.3. The van der Waals surface area contributed by atoms with Gasteiger partial charge < -0.3 is 14.6 Å². The molecule has 0 unspecified atom stereocenters. The van der Waals surface area contributed by atoms with E-state index in [1.54, 1.807) is 19.2 Å². The van der Waals surface area contributed by atoms with Crippen LogP contribution in [0, 0.1) is 0 Å². The van der Waals surface area contributed by atoms with Crippen LogP contribution in [0.15, 0.2) is 29.2 Å². The van der Waals surface area contributed by atoms with E-state index in [-0.39, 0.29) is 18.0 Å². The van der Waals surface area contributed by atoms with Crippen LogP contribution in [-0.4, -0.2) is 56.8 Å². The van der Waals surface area contributed by atoms with E-state index in [1.165, 1.54) is 16.4 Å². The number of aliphatic hydroxyl groups is 1. The fourth-order valence-corrected chi connectivity index (χ4v) is 3.70. The monoisotopic (exact) mass is 315 g/mol. The molecule has 1 saturated heterocycles. The van der Waals surface area contributed by atoms with E-state index < -0.39 is 15.6 Å². The molecule has 1 aromatic carbocycles. The minimum absolute atomic E-state index is 0.151. The van der Waals surface area contributed by atoms with Gasteiger partial charge in [0.2, 0.25) is 10.0 Å². The van der Waals surface area contributed by atoms with Crippen molar-refractivity contribution in [1.82, 2.24) is 4.31 Å². The van der Waals surface area contributed by atoms with Crippen LogP contribution in [0.2, 0.25) is 0 Å². The highest BCUT2D eigenvalue weighted by Gasteiger charge is 2.45. The van der Waals surface area contributed by atoms with Gasteiger partial charge in [0.25, 0.3) is 0 Å². The zero-order chi connectivity index (χ0) is 15.5. The lowest BCUT2D eigenvalue weighted by atomic mass is 9.94. The summed E-state index contributed by atoms with van der Waals surface area (Å²) in [4.78, 5) is 0.208. The van der Waals surface area contributed by atoms with E-state index in [2.05, 4.69) is 0 Å². The Hall–Kier alpha value is -1.15. The van der Waals surface area contributed by atoms with Gasteiger partial charge in [-0.1, -0.05) is 6.92 Å². The summed E-state index contributed by atoms with van der Waals surface area (Å²) < 4.78 is 36.2. The molecular formula is C14H21NO5S. The normalized spacial score (nSPS) is 18.2. The summed E-state index contributed by atoms with van der Waals surface area (Å²) in [6.45, 7) is 3.04. The molecule has 0 amide bonds. The van der Waals surface area contributed by atoms with E-state index in [9.17, 15) is 13.5 Å². The third-order valence-electron chi connectivity index (χ3n) is 3.62. The van der Waals surface area contributed by atoms with Gasteiger partial charge in [-0.2, -0.15) is 4.31 Å². The number of rotatable bonds is 7. The van der Waals surface area contributed by atoms with Gasteiger partial charge in [0, 0.05) is 20.2 Å². The molecule has 1 aliphatic heterocycles. The van der Waals surface area contributed by atoms with Crippen molar-refractivity contribution < 1.29 is 23.0 Å². The van der Waals surface area contributed by atoms with Crippen molar-refractivity contribution in [3.8, 4) is 5.75 Å². The average molecular weight is 315 g/mol. The summed E-state index contributed by atoms with van der Waals surface area (Å²) in [5.41, 5.74) is -0.879. The zero-order valence-electron chi connectivity index (χ0n) is 12.3. The first-order valence-electron chi connectivity index (χ1n) is 6.85. The van der Waals surface area contributed by atoms with Crippen molar-refractivity contribution >= 4 is 10.0 Å². The number of ether oxygens (including phenoxy) is 2. The second-order valence-electron chi connectivity index (χ2n) is 5.16. The number of hydrogen-bond donors (Lipinski definition) is 1. The van der Waals surface area contributed by atoms with Gasteiger partial charge in [0.1, 0.15) is 12.4 Å². The smallest absolute Gasteiger partial charge is 0.243 e. The molecule has 1 N–H and O–H groups in total. The Morgan fingerprint density at radius 3 is 2.38 bits per heavy atom. The predicted molar refractivity (Wildman–Crippen MR) is 77.8 cm³/mol. The Kier molecular flexibility index (Phi) is 4.88. The quantitative estimate of drug-likeness (QED) is 0.755. The van der Waals surface area contributed by atoms with E-state index in [0.29, 0.717) is 25.4 Å². The average Bonchev–Trinajstić information content (AvgIpc) is 2.44. The highest BCUT2D eigenvalue weighted by molar-refractivity contribution is 7.89. The highest BCUT2D eigenvalue weighted by atomic mass is 32.2. The van der Waals surface area contributed by atoms with Crippen molar-refractivity contribution in [2.75, 3.05) is 33.4 Å². The van der Waals surface area contributed by atoms with Crippen LogP contribution in [0.3, 0.4) is 0 Å². The molecule has 1 fully saturated rings. The lowest BCUT2D eigenvalue weighted by Gasteiger charge is -2.44. The zero-order valence-corrected chi connectivity index (χ0v) is 13.1. The number of nitrogens with zero attached hydrogens (tertiary/aromatic N) is 1. The molecule has 0 aliphatic carbocycles. The van der Waals surface area contributed by atoms with Crippen LogP contribution >= 0.6 is 0 Å². The second-order valence-corrected chi connectivity index (χ2v) is 7.10. The van der Waals surface area contributed by atoms with Crippen molar-refractivity contribution in [2.45, 2.75) is 23.8 Å². The van der Waals surface area contributed by atoms with Crippen molar-refractivity contribution in [2.24, 2.45) is 0 Å². The third kappa shape index (κ3) is 3.55. The predicted octanol–water partition coefficient (Wildman–Crippen LogP) is 0.857. The molecule has 0 bridgehead atoms. The van der Waals surface area contributed by atoms with E-state index in [0.717, 1.165) is 0 Å². The maximum atomic E-state index is 12.3. The first-order chi connectivity index (χ1) is 9.91. The Bertz CT molecular complexity index is 564. The minimum Gasteiger partial charge on any atom is -0.491 e. The summed E-state index contributed by atoms with van der Waals surface area (Å²) in [7, 11) is -1.95. The Morgan fingerprint density at radius 2 is 1.86 bits per heavy atom. The Morgan fingerprint density at radius 1 is 1.24 bits per heavy atom. The highest BCUT2D eigenvalue weighted by Crippen LogP contribution is 2.30. The van der Waals surface area contributed by atoms with Gasteiger partial charge in [0.05, 0.1) is 17.1 Å². The molecule has 0 spiro atoms. The fourth-order valence-electron chi connectivity index (χ4n) is 2.10. The van der Waals surface area contributed by atoms with Crippen LogP contribution in [0.25, 0.3) is 0 Å². The van der Waals surface area contributed by atoms with Gasteiger partial charge in [-0.25, -0.2) is 8.42 Å². The van der Waals surface area contributed by atoms with E-state index >= 15 is 0 Å². The number of methoxy groups -OCH3 is 1. The molecule has 0 atom stereocenters. The Balaban J connectivity index is 2.01. The largest absolute Gasteiger partial charge is 0.491 e. The Labute approximate surface area is 125 Å². The minimum atomic E-state index is -3.53. The molecular weight excluding hydrogens is 294 g/mol. The van der Waals surface area contributed by atoms with Gasteiger partial charge in [-0.3, -0.25) is 0 Å². The molecule has 0 aromatic heterocycles. The van der Waals surface area contributed by atoms with Crippen LogP contribution in [0.4, 0.5) is 0 Å². The molecule has 6 nitrogen and oxygen atoms in total. The van der Waals surface area contributed by atoms with Crippen molar-refractivity contribution in [3.05, 3.63) is 24.3 Å². The summed E-state index contributed by atoms with van der Waals surface area (Å²) in [5.74, 6) is 0.597. The first kappa shape index (κ1) is 16.2. The summed E-state index contributed by atoms with van der Waals surface area (Å²) >= 11 is 0. The van der Waals surface area contributed by atoms with Gasteiger partial charge in [-0.15, -0.1) is 0 Å². The lowest BCUT2D eigenvalue weighted by molar-refractivity contribution is -0.0613. The van der Waals surface area contributed by atoms with Gasteiger partial charge in [-0.05, 0) is 30.7 Å². The second kappa shape index (κ2) is 6.31. The number of β-amino-alcohol motifs (C(OH)–C–C–N with tert-alkyl or cyclic N) is 1. The molecule has 21 heavy (non-hydrogen) atoms. The molecule has 0 radical (unpaired) electrons. The maximum Gasteiger partial charge on any atom is 0.243 e. The number of sulfonamides is 1. The molecule has 1 aliphatic rings. The third-order valence-corrected chi connectivity index (χ3v) is 5.42. The fraction of sp³-hybridized carbons (Fsp3) is 0.571. The van der Waals surface area contributed by atoms with Crippen LogP contribution in [0.5, 0.6) is 5.75 Å². The molecule has 2 rings (SSSR count). The SMILES string of the molecule is CCC1(O)CN(S(=O)(=O)c2ccc(OCCOC)cc2)C1. The molecule has 118 valence electrons. The van der Waals surface area contributed by atoms with Crippen LogP contribution in [0.1, 0.15) is 13.3 Å². The topological polar surface area (TPSA) is 76.1 Å². The summed E-state index contributed by atoms with van der Waals surface area (Å²) in [6.07, 6.45) is 0.547. The molecule has 7 heteroatoms. The van der Waals surface area contributed by atoms with Gasteiger partial charge in [0.15, 0.2) is 0 Å². The standard InChI is InChI=1S/C14H21NO5S/c1-3-14(16)10-15(11-14)21(17,18)13-6-4-12(5-7-13)20-9-8-19-2/h4-7,16H,3,8-11H2,1-2H3. The van der Waals surface area contributed by atoms with Crippen molar-refractivity contribution in [3.63, 3.8) is 0 Å². The lowest BCUT2D eigenvalue weighted by Crippen LogP contribution is -2.62.